The second-order valence-corrected chi connectivity index (χ2v) is 8.85. The highest BCUT2D eigenvalue weighted by Crippen LogP contribution is 2.28. The van der Waals surface area contributed by atoms with Gasteiger partial charge >= 0.3 is 0 Å². The van der Waals surface area contributed by atoms with Crippen molar-refractivity contribution in [1.29, 1.82) is 0 Å². The molecule has 2 aliphatic rings. The fourth-order valence-electron chi connectivity index (χ4n) is 3.94. The van der Waals surface area contributed by atoms with E-state index in [2.05, 4.69) is 32.7 Å². The summed E-state index contributed by atoms with van der Waals surface area (Å²) >= 11 is 8.24. The lowest BCUT2D eigenvalue weighted by atomic mass is 10.1. The van der Waals surface area contributed by atoms with Crippen LogP contribution in [0, 0.1) is 0 Å². The Morgan fingerprint density at radius 3 is 2.72 bits per heavy atom. The lowest BCUT2D eigenvalue weighted by Gasteiger charge is -2.34. The quantitative estimate of drug-likeness (QED) is 0.747. The van der Waals surface area contributed by atoms with Gasteiger partial charge in [-0.3, -0.25) is 9.69 Å². The van der Waals surface area contributed by atoms with Crippen molar-refractivity contribution in [3.63, 3.8) is 0 Å². The molecule has 0 aromatic carbocycles. The van der Waals surface area contributed by atoms with E-state index in [1.54, 1.807) is 23.6 Å². The van der Waals surface area contributed by atoms with Gasteiger partial charge < -0.3 is 15.0 Å². The smallest absolute Gasteiger partial charge is 0.255 e. The number of nitrogens with zero attached hydrogens (tertiary/aromatic N) is 3. The normalized spacial score (nSPS) is 19.1. The highest BCUT2D eigenvalue weighted by molar-refractivity contribution is 7.10. The van der Waals surface area contributed by atoms with Crippen molar-refractivity contribution in [1.82, 2.24) is 14.8 Å². The first-order valence-electron chi connectivity index (χ1n) is 10.3. The summed E-state index contributed by atoms with van der Waals surface area (Å²) in [7, 11) is 0. The van der Waals surface area contributed by atoms with Crippen LogP contribution in [0.5, 0.6) is 0 Å². The van der Waals surface area contributed by atoms with Crippen LogP contribution in [0.3, 0.4) is 0 Å². The number of thiophene rings is 1. The Balaban J connectivity index is 1.43. The van der Waals surface area contributed by atoms with Crippen LogP contribution in [-0.2, 0) is 4.74 Å². The molecule has 8 heteroatoms. The molecular formula is C21H27ClN4O2S. The maximum absolute atomic E-state index is 12.7. The van der Waals surface area contributed by atoms with Crippen LogP contribution in [0.25, 0.3) is 0 Å². The molecule has 0 bridgehead atoms. The number of hydrogen-bond acceptors (Lipinski definition) is 6. The average Bonchev–Trinajstić information content (AvgIpc) is 3.30. The maximum atomic E-state index is 12.7. The number of carbonyl (C=O) groups is 1. The second kappa shape index (κ2) is 9.89. The molecule has 1 N–H and O–H groups in total. The number of pyridine rings is 1. The van der Waals surface area contributed by atoms with E-state index in [1.807, 2.05) is 4.90 Å². The minimum absolute atomic E-state index is 0.0235. The lowest BCUT2D eigenvalue weighted by Crippen LogP contribution is -2.41. The summed E-state index contributed by atoms with van der Waals surface area (Å²) in [6, 6.07) is 6.23. The maximum Gasteiger partial charge on any atom is 0.255 e. The molecule has 29 heavy (non-hydrogen) atoms. The molecule has 4 heterocycles. The zero-order valence-corrected chi connectivity index (χ0v) is 18.1. The second-order valence-electron chi connectivity index (χ2n) is 7.47. The molecule has 6 nitrogen and oxygen atoms in total. The summed E-state index contributed by atoms with van der Waals surface area (Å²) in [6.07, 6.45) is 4.97. The molecular weight excluding hydrogens is 408 g/mol. The largest absolute Gasteiger partial charge is 0.379 e. The Morgan fingerprint density at radius 2 is 2.03 bits per heavy atom. The first-order chi connectivity index (χ1) is 14.2. The zero-order valence-electron chi connectivity index (χ0n) is 16.5. The number of rotatable bonds is 6. The van der Waals surface area contributed by atoms with Crippen LogP contribution < -0.4 is 5.32 Å². The number of nitrogens with one attached hydrogen (secondary N) is 1. The van der Waals surface area contributed by atoms with E-state index >= 15 is 0 Å². The Kier molecular flexibility index (Phi) is 7.02. The van der Waals surface area contributed by atoms with E-state index in [0.717, 1.165) is 52.2 Å². The number of morpholine rings is 1. The van der Waals surface area contributed by atoms with Crippen LogP contribution in [0.15, 0.2) is 29.8 Å². The van der Waals surface area contributed by atoms with Crippen molar-refractivity contribution in [3.05, 3.63) is 45.2 Å². The van der Waals surface area contributed by atoms with Crippen LogP contribution in [0.4, 0.5) is 5.82 Å². The number of piperidine rings is 1. The predicted molar refractivity (Wildman–Crippen MR) is 117 cm³/mol. The van der Waals surface area contributed by atoms with E-state index in [-0.39, 0.29) is 11.9 Å². The third-order valence-corrected chi connectivity index (χ3v) is 6.81. The number of anilines is 1. The van der Waals surface area contributed by atoms with Gasteiger partial charge in [0.15, 0.2) is 0 Å². The summed E-state index contributed by atoms with van der Waals surface area (Å²) in [5.41, 5.74) is 0.561. The van der Waals surface area contributed by atoms with Gasteiger partial charge in [0.05, 0.1) is 29.8 Å². The molecule has 0 saturated carbocycles. The number of amides is 1. The number of carbonyl (C=O) groups excluding carboxylic acids is 1. The fraction of sp³-hybridized carbons (Fsp3) is 0.524. The van der Waals surface area contributed by atoms with Gasteiger partial charge in [-0.2, -0.15) is 0 Å². The summed E-state index contributed by atoms with van der Waals surface area (Å²) < 4.78 is 5.51. The summed E-state index contributed by atoms with van der Waals surface area (Å²) in [5.74, 6) is 0.645. The summed E-state index contributed by atoms with van der Waals surface area (Å²) in [5, 5.41) is 5.99. The van der Waals surface area contributed by atoms with Gasteiger partial charge in [-0.05, 0) is 36.8 Å². The molecule has 1 unspecified atom stereocenters. The minimum Gasteiger partial charge on any atom is -0.379 e. The van der Waals surface area contributed by atoms with Crippen LogP contribution in [0.2, 0.25) is 5.02 Å². The van der Waals surface area contributed by atoms with Crippen molar-refractivity contribution < 1.29 is 9.53 Å². The first-order valence-corrected chi connectivity index (χ1v) is 11.5. The third kappa shape index (κ3) is 5.09. The van der Waals surface area contributed by atoms with Gasteiger partial charge in [0, 0.05) is 43.8 Å². The van der Waals surface area contributed by atoms with E-state index in [1.165, 1.54) is 11.3 Å². The lowest BCUT2D eigenvalue weighted by molar-refractivity contribution is 0.0194. The Morgan fingerprint density at radius 1 is 1.24 bits per heavy atom. The van der Waals surface area contributed by atoms with E-state index in [4.69, 9.17) is 16.3 Å². The number of likely N-dealkylation sites (tertiary alicyclic amines) is 1. The van der Waals surface area contributed by atoms with Crippen LogP contribution in [0.1, 0.15) is 40.5 Å². The average molecular weight is 435 g/mol. The van der Waals surface area contributed by atoms with Gasteiger partial charge in [0.1, 0.15) is 5.82 Å². The van der Waals surface area contributed by atoms with E-state index in [9.17, 15) is 4.79 Å². The molecule has 156 valence electrons. The molecule has 0 spiro atoms. The Bertz CT molecular complexity index is 805. The van der Waals surface area contributed by atoms with Gasteiger partial charge in [-0.1, -0.05) is 17.7 Å². The monoisotopic (exact) mass is 434 g/mol. The topological polar surface area (TPSA) is 57.7 Å². The predicted octanol–water partition coefficient (Wildman–Crippen LogP) is 3.91. The highest BCUT2D eigenvalue weighted by Gasteiger charge is 2.24. The molecule has 1 atom stereocenters. The Hall–Kier alpha value is -1.67. The molecule has 2 aliphatic heterocycles. The Labute approximate surface area is 180 Å². The van der Waals surface area contributed by atoms with Crippen LogP contribution in [-0.4, -0.2) is 66.6 Å². The van der Waals surface area contributed by atoms with Gasteiger partial charge in [0.2, 0.25) is 0 Å². The van der Waals surface area contributed by atoms with Crippen molar-refractivity contribution in [3.8, 4) is 0 Å². The van der Waals surface area contributed by atoms with Crippen LogP contribution >= 0.6 is 22.9 Å². The number of halogens is 1. The molecule has 2 fully saturated rings. The molecule has 4 rings (SSSR count). The molecule has 0 aliphatic carbocycles. The van der Waals surface area contributed by atoms with Crippen molar-refractivity contribution >= 4 is 34.7 Å². The van der Waals surface area contributed by atoms with Gasteiger partial charge in [-0.25, -0.2) is 4.98 Å². The molecule has 0 radical (unpaired) electrons. The van der Waals surface area contributed by atoms with Gasteiger partial charge in [-0.15, -0.1) is 11.3 Å². The van der Waals surface area contributed by atoms with Gasteiger partial charge in [0.25, 0.3) is 5.91 Å². The van der Waals surface area contributed by atoms with E-state index < -0.39 is 0 Å². The van der Waals surface area contributed by atoms with E-state index in [0.29, 0.717) is 22.9 Å². The molecule has 2 saturated heterocycles. The number of ether oxygens (including phenoxy) is 1. The number of aromatic nitrogens is 1. The van der Waals surface area contributed by atoms with Crippen molar-refractivity contribution in [2.75, 3.05) is 51.3 Å². The van der Waals surface area contributed by atoms with Crippen molar-refractivity contribution in [2.45, 2.75) is 25.3 Å². The third-order valence-electron chi connectivity index (χ3n) is 5.55. The zero-order chi connectivity index (χ0) is 20.1. The first kappa shape index (κ1) is 20.6. The SMILES string of the molecule is O=C(c1cnc(NCC(c2cccs2)N2CCOCC2)c(Cl)c1)N1CCCCC1. The minimum atomic E-state index is 0.0235. The molecule has 2 aromatic rings. The van der Waals surface area contributed by atoms with Crippen molar-refractivity contribution in [2.24, 2.45) is 0 Å². The summed E-state index contributed by atoms with van der Waals surface area (Å²) in [4.78, 5) is 22.8. The highest BCUT2D eigenvalue weighted by atomic mass is 35.5. The molecule has 2 aromatic heterocycles. The molecule has 1 amide bonds. The number of hydrogen-bond donors (Lipinski definition) is 1. The standard InChI is InChI=1S/C21H27ClN4O2S/c22-17-13-16(21(27)26-6-2-1-3-7-26)14-23-20(17)24-15-18(19-5-4-12-29-19)25-8-10-28-11-9-25/h4-5,12-14,18H,1-3,6-11,15H2,(H,23,24). The fourth-order valence-corrected chi connectivity index (χ4v) is 5.03. The summed E-state index contributed by atoms with van der Waals surface area (Å²) in [6.45, 7) is 5.68.